The lowest BCUT2D eigenvalue weighted by Gasteiger charge is -1.99. The Morgan fingerprint density at radius 2 is 2.14 bits per heavy atom. The second-order valence-electron chi connectivity index (χ2n) is 3.91. The SMILES string of the molecule is CCOC(=O)c1oc(-c2cc(F)cc(Br)c2)nc1C(F)F. The molecule has 0 amide bonds. The fourth-order valence-corrected chi connectivity index (χ4v) is 2.09. The van der Waals surface area contributed by atoms with Gasteiger partial charge in [0.05, 0.1) is 6.61 Å². The Hall–Kier alpha value is -1.83. The minimum Gasteiger partial charge on any atom is -0.460 e. The lowest BCUT2D eigenvalue weighted by molar-refractivity contribution is 0.0476. The van der Waals surface area contributed by atoms with Gasteiger partial charge >= 0.3 is 5.97 Å². The smallest absolute Gasteiger partial charge is 0.376 e. The van der Waals surface area contributed by atoms with Crippen LogP contribution in [0.3, 0.4) is 0 Å². The van der Waals surface area contributed by atoms with Crippen LogP contribution in [0.15, 0.2) is 27.1 Å². The monoisotopic (exact) mass is 363 g/mol. The summed E-state index contributed by atoms with van der Waals surface area (Å²) in [5.41, 5.74) is -0.705. The number of alkyl halides is 2. The first-order chi connectivity index (χ1) is 9.92. The molecular formula is C13H9BrF3NO3. The molecule has 1 aromatic heterocycles. The second-order valence-corrected chi connectivity index (χ2v) is 4.83. The Balaban J connectivity index is 2.50. The maximum Gasteiger partial charge on any atom is 0.376 e. The summed E-state index contributed by atoms with van der Waals surface area (Å²) >= 11 is 3.07. The maximum atomic E-state index is 13.3. The minimum absolute atomic E-state index is 0.00303. The molecule has 2 aromatic rings. The van der Waals surface area contributed by atoms with E-state index < -0.39 is 29.7 Å². The summed E-state index contributed by atoms with van der Waals surface area (Å²) in [7, 11) is 0. The number of esters is 1. The van der Waals surface area contributed by atoms with Gasteiger partial charge in [-0.2, -0.15) is 0 Å². The molecule has 0 fully saturated rings. The predicted molar refractivity (Wildman–Crippen MR) is 70.5 cm³/mol. The van der Waals surface area contributed by atoms with Gasteiger partial charge in [-0.25, -0.2) is 22.9 Å². The third kappa shape index (κ3) is 3.44. The van der Waals surface area contributed by atoms with E-state index in [4.69, 9.17) is 4.42 Å². The third-order valence-corrected chi connectivity index (χ3v) is 2.89. The molecule has 0 spiro atoms. The summed E-state index contributed by atoms with van der Waals surface area (Å²) < 4.78 is 49.2. The number of carbonyl (C=O) groups excluding carboxylic acids is 1. The zero-order chi connectivity index (χ0) is 15.6. The topological polar surface area (TPSA) is 52.3 Å². The van der Waals surface area contributed by atoms with Crippen LogP contribution in [-0.2, 0) is 4.74 Å². The number of aromatic nitrogens is 1. The van der Waals surface area contributed by atoms with E-state index in [1.807, 2.05) is 0 Å². The summed E-state index contributed by atoms with van der Waals surface area (Å²) in [6, 6.07) is 3.67. The fraction of sp³-hybridized carbons (Fsp3) is 0.231. The van der Waals surface area contributed by atoms with Crippen LogP contribution in [0.5, 0.6) is 0 Å². The van der Waals surface area contributed by atoms with Crippen molar-refractivity contribution in [2.24, 2.45) is 0 Å². The van der Waals surface area contributed by atoms with Crippen LogP contribution in [0.2, 0.25) is 0 Å². The zero-order valence-corrected chi connectivity index (χ0v) is 12.3. The normalized spacial score (nSPS) is 11.0. The number of benzene rings is 1. The Labute approximate surface area is 126 Å². The Morgan fingerprint density at radius 1 is 1.43 bits per heavy atom. The first-order valence-corrected chi connectivity index (χ1v) is 6.64. The van der Waals surface area contributed by atoms with Crippen molar-refractivity contribution in [3.8, 4) is 11.5 Å². The predicted octanol–water partition coefficient (Wildman–Crippen LogP) is 4.36. The molecule has 0 aliphatic carbocycles. The number of hydrogen-bond acceptors (Lipinski definition) is 4. The molecular weight excluding hydrogens is 355 g/mol. The van der Waals surface area contributed by atoms with E-state index in [0.29, 0.717) is 4.47 Å². The minimum atomic E-state index is -3.01. The van der Waals surface area contributed by atoms with Gasteiger partial charge in [0.1, 0.15) is 5.82 Å². The Bertz CT molecular complexity index is 652. The molecule has 0 N–H and O–H groups in total. The van der Waals surface area contributed by atoms with E-state index in [1.54, 1.807) is 0 Å². The molecule has 1 aromatic carbocycles. The van der Waals surface area contributed by atoms with Crippen molar-refractivity contribution in [1.82, 2.24) is 4.98 Å². The molecule has 1 heterocycles. The van der Waals surface area contributed by atoms with Crippen molar-refractivity contribution in [1.29, 1.82) is 0 Å². The van der Waals surface area contributed by atoms with E-state index in [-0.39, 0.29) is 18.1 Å². The molecule has 0 unspecified atom stereocenters. The largest absolute Gasteiger partial charge is 0.460 e. The number of nitrogens with zero attached hydrogens (tertiary/aromatic N) is 1. The number of ether oxygens (including phenoxy) is 1. The standard InChI is InChI=1S/C13H9BrF3NO3/c1-2-20-13(19)10-9(11(16)17)18-12(21-10)6-3-7(14)5-8(15)4-6/h3-5,11H,2H2,1H3. The maximum absolute atomic E-state index is 13.3. The van der Waals surface area contributed by atoms with Crippen LogP contribution < -0.4 is 0 Å². The zero-order valence-electron chi connectivity index (χ0n) is 10.7. The number of rotatable bonds is 4. The van der Waals surface area contributed by atoms with Crippen LogP contribution in [0.4, 0.5) is 13.2 Å². The highest BCUT2D eigenvalue weighted by Gasteiger charge is 2.28. The van der Waals surface area contributed by atoms with Crippen molar-refractivity contribution in [2.75, 3.05) is 6.61 Å². The quantitative estimate of drug-likeness (QED) is 0.757. The van der Waals surface area contributed by atoms with Crippen molar-refractivity contribution in [2.45, 2.75) is 13.3 Å². The molecule has 4 nitrogen and oxygen atoms in total. The van der Waals surface area contributed by atoms with Crippen molar-refractivity contribution >= 4 is 21.9 Å². The average molecular weight is 364 g/mol. The van der Waals surface area contributed by atoms with E-state index in [9.17, 15) is 18.0 Å². The summed E-state index contributed by atoms with van der Waals surface area (Å²) in [4.78, 5) is 15.1. The van der Waals surface area contributed by atoms with Gasteiger partial charge in [0.25, 0.3) is 6.43 Å². The molecule has 2 rings (SSSR count). The van der Waals surface area contributed by atoms with E-state index in [1.165, 1.54) is 19.1 Å². The van der Waals surface area contributed by atoms with Crippen molar-refractivity contribution in [3.05, 3.63) is 39.9 Å². The van der Waals surface area contributed by atoms with Gasteiger partial charge in [-0.3, -0.25) is 0 Å². The van der Waals surface area contributed by atoms with Gasteiger partial charge in [0.15, 0.2) is 5.69 Å². The first kappa shape index (κ1) is 15.6. The summed E-state index contributed by atoms with van der Waals surface area (Å²) in [5, 5.41) is 0. The molecule has 112 valence electrons. The summed E-state index contributed by atoms with van der Waals surface area (Å²) in [6.07, 6.45) is -3.01. The molecule has 0 atom stereocenters. The van der Waals surface area contributed by atoms with Crippen molar-refractivity contribution < 1.29 is 27.1 Å². The highest BCUT2D eigenvalue weighted by atomic mass is 79.9. The molecule has 0 radical (unpaired) electrons. The summed E-state index contributed by atoms with van der Waals surface area (Å²) in [6.45, 7) is 1.53. The lowest BCUT2D eigenvalue weighted by Crippen LogP contribution is -2.06. The third-order valence-electron chi connectivity index (χ3n) is 2.43. The number of carbonyl (C=O) groups is 1. The molecule has 0 saturated heterocycles. The number of oxazole rings is 1. The highest BCUT2D eigenvalue weighted by molar-refractivity contribution is 9.10. The van der Waals surface area contributed by atoms with Crippen LogP contribution in [0, 0.1) is 5.82 Å². The van der Waals surface area contributed by atoms with Crippen LogP contribution in [-0.4, -0.2) is 17.6 Å². The number of hydrogen-bond donors (Lipinski definition) is 0. The highest BCUT2D eigenvalue weighted by Crippen LogP contribution is 2.30. The molecule has 0 aliphatic rings. The molecule has 0 bridgehead atoms. The second kappa shape index (κ2) is 6.30. The Morgan fingerprint density at radius 3 is 2.71 bits per heavy atom. The van der Waals surface area contributed by atoms with Crippen LogP contribution in [0.1, 0.15) is 29.6 Å². The van der Waals surface area contributed by atoms with Crippen LogP contribution >= 0.6 is 15.9 Å². The van der Waals surface area contributed by atoms with Gasteiger partial charge in [0.2, 0.25) is 11.7 Å². The summed E-state index contributed by atoms with van der Waals surface area (Å²) in [5.74, 6) is -2.60. The number of halogens is 4. The van der Waals surface area contributed by atoms with Crippen LogP contribution in [0.25, 0.3) is 11.5 Å². The van der Waals surface area contributed by atoms with Gasteiger partial charge in [-0.15, -0.1) is 0 Å². The fourth-order valence-electron chi connectivity index (χ4n) is 1.62. The van der Waals surface area contributed by atoms with Crippen molar-refractivity contribution in [3.63, 3.8) is 0 Å². The average Bonchev–Trinajstić information content (AvgIpc) is 2.83. The molecule has 0 saturated carbocycles. The van der Waals surface area contributed by atoms with Gasteiger partial charge in [0, 0.05) is 10.0 Å². The van der Waals surface area contributed by atoms with E-state index in [2.05, 4.69) is 25.7 Å². The molecule has 8 heteroatoms. The van der Waals surface area contributed by atoms with E-state index >= 15 is 0 Å². The van der Waals surface area contributed by atoms with Gasteiger partial charge in [-0.1, -0.05) is 15.9 Å². The lowest BCUT2D eigenvalue weighted by atomic mass is 10.2. The molecule has 0 aliphatic heterocycles. The molecule has 21 heavy (non-hydrogen) atoms. The van der Waals surface area contributed by atoms with Gasteiger partial charge < -0.3 is 9.15 Å². The Kier molecular flexibility index (Phi) is 4.66. The van der Waals surface area contributed by atoms with E-state index in [0.717, 1.165) is 6.07 Å². The first-order valence-electron chi connectivity index (χ1n) is 5.84. The van der Waals surface area contributed by atoms with Gasteiger partial charge in [-0.05, 0) is 25.1 Å².